The van der Waals surface area contributed by atoms with Gasteiger partial charge in [0.05, 0.1) is 18.8 Å². The molecule has 2 aromatic heterocycles. The van der Waals surface area contributed by atoms with Crippen LogP contribution in [0.3, 0.4) is 0 Å². The van der Waals surface area contributed by atoms with Crippen LogP contribution in [0.4, 0.5) is 0 Å². The molecule has 27 heavy (non-hydrogen) atoms. The molecular weight excluding hydrogens is 358 g/mol. The van der Waals surface area contributed by atoms with E-state index in [0.717, 1.165) is 60.7 Å². The number of aromatic nitrogens is 4. The van der Waals surface area contributed by atoms with E-state index in [0.29, 0.717) is 12.6 Å². The zero-order valence-electron chi connectivity index (χ0n) is 17.0. The Morgan fingerprint density at radius 1 is 1.33 bits per heavy atom. The molecule has 2 N–H and O–H groups in total. The molecule has 0 bridgehead atoms. The Morgan fingerprint density at radius 2 is 2.15 bits per heavy atom. The highest BCUT2D eigenvalue weighted by molar-refractivity contribution is 7.09. The summed E-state index contributed by atoms with van der Waals surface area (Å²) in [6.07, 6.45) is 2.87. The second kappa shape index (κ2) is 8.37. The van der Waals surface area contributed by atoms with Gasteiger partial charge in [-0.2, -0.15) is 5.10 Å². The van der Waals surface area contributed by atoms with Crippen LogP contribution in [0.1, 0.15) is 63.4 Å². The van der Waals surface area contributed by atoms with Gasteiger partial charge in [0.15, 0.2) is 11.8 Å². The van der Waals surface area contributed by atoms with E-state index in [1.807, 2.05) is 4.68 Å². The van der Waals surface area contributed by atoms with Crippen molar-refractivity contribution >= 4 is 17.3 Å². The minimum absolute atomic E-state index is 0.0795. The van der Waals surface area contributed by atoms with Gasteiger partial charge >= 0.3 is 0 Å². The van der Waals surface area contributed by atoms with Gasteiger partial charge in [-0.3, -0.25) is 0 Å². The maximum atomic E-state index is 4.75. The topological polar surface area (TPSA) is 80.0 Å². The summed E-state index contributed by atoms with van der Waals surface area (Å²) in [5.41, 5.74) is 1.21. The van der Waals surface area contributed by atoms with Crippen LogP contribution in [0.2, 0.25) is 0 Å². The lowest BCUT2D eigenvalue weighted by Gasteiger charge is -2.25. The quantitative estimate of drug-likeness (QED) is 0.607. The molecule has 3 rings (SSSR count). The van der Waals surface area contributed by atoms with Crippen molar-refractivity contribution in [2.45, 2.75) is 78.4 Å². The van der Waals surface area contributed by atoms with E-state index in [1.54, 1.807) is 11.3 Å². The number of nitrogens with zero attached hydrogens (tertiary/aromatic N) is 5. The molecule has 0 spiro atoms. The first-order chi connectivity index (χ1) is 12.9. The monoisotopic (exact) mass is 389 g/mol. The van der Waals surface area contributed by atoms with Crippen molar-refractivity contribution < 1.29 is 0 Å². The van der Waals surface area contributed by atoms with E-state index in [-0.39, 0.29) is 5.41 Å². The Labute approximate surface area is 165 Å². The number of fused-ring (bicyclic) bond motifs is 1. The molecular formula is C19H31N7S. The molecule has 1 aliphatic rings. The first kappa shape index (κ1) is 19.8. The molecule has 0 fully saturated rings. The highest BCUT2D eigenvalue weighted by atomic mass is 32.1. The molecule has 1 aliphatic heterocycles. The average molecular weight is 390 g/mol. The molecule has 0 amide bonds. The van der Waals surface area contributed by atoms with Crippen LogP contribution in [-0.4, -0.2) is 38.3 Å². The zero-order chi connectivity index (χ0) is 19.4. The number of thiazole rings is 1. The first-order valence-corrected chi connectivity index (χ1v) is 10.7. The smallest absolute Gasteiger partial charge is 0.191 e. The summed E-state index contributed by atoms with van der Waals surface area (Å²) in [6, 6.07) is 0.308. The van der Waals surface area contributed by atoms with Crippen LogP contribution in [0.25, 0.3) is 0 Å². The fourth-order valence-electron chi connectivity index (χ4n) is 3.02. The minimum Gasteiger partial charge on any atom is -0.357 e. The number of guanidine groups is 1. The summed E-state index contributed by atoms with van der Waals surface area (Å²) in [7, 11) is 0. The van der Waals surface area contributed by atoms with Gasteiger partial charge in [0.25, 0.3) is 0 Å². The van der Waals surface area contributed by atoms with Gasteiger partial charge in [0.2, 0.25) is 0 Å². The zero-order valence-corrected chi connectivity index (χ0v) is 17.9. The molecule has 3 heterocycles. The van der Waals surface area contributed by atoms with Crippen molar-refractivity contribution in [2.75, 3.05) is 6.54 Å². The summed E-state index contributed by atoms with van der Waals surface area (Å²) in [5.74, 6) is 2.88. The Balaban J connectivity index is 1.63. The van der Waals surface area contributed by atoms with E-state index >= 15 is 0 Å². The van der Waals surface area contributed by atoms with Crippen LogP contribution < -0.4 is 10.6 Å². The summed E-state index contributed by atoms with van der Waals surface area (Å²) < 4.78 is 2.04. The molecule has 8 heteroatoms. The molecule has 0 aliphatic carbocycles. The number of rotatable bonds is 5. The number of aliphatic imine (C=N–C) groups is 1. The normalized spacial score (nSPS) is 17.7. The van der Waals surface area contributed by atoms with E-state index in [1.165, 1.54) is 0 Å². The lowest BCUT2D eigenvalue weighted by molar-refractivity contribution is 0.392. The predicted molar refractivity (Wildman–Crippen MR) is 110 cm³/mol. The standard InChI is InChI=1S/C19H31N7S/c1-6-15-24-16-9-8-13(11-26(16)25-15)22-18(20-7-2)21-10-17-23-14(12-27-17)19(3,4)5/h12-13H,6-11H2,1-5H3,(H2,20,21,22). The Hall–Kier alpha value is -1.96. The molecule has 0 saturated heterocycles. The Morgan fingerprint density at radius 3 is 2.81 bits per heavy atom. The third-order valence-corrected chi connectivity index (χ3v) is 5.43. The summed E-state index contributed by atoms with van der Waals surface area (Å²) >= 11 is 1.68. The van der Waals surface area contributed by atoms with Gasteiger partial charge in [-0.1, -0.05) is 27.7 Å². The molecule has 2 aromatic rings. The van der Waals surface area contributed by atoms with Crippen molar-refractivity contribution in [1.29, 1.82) is 0 Å². The highest BCUT2D eigenvalue weighted by Gasteiger charge is 2.22. The maximum absolute atomic E-state index is 4.75. The van der Waals surface area contributed by atoms with E-state index in [9.17, 15) is 0 Å². The van der Waals surface area contributed by atoms with Crippen LogP contribution in [0.5, 0.6) is 0 Å². The number of hydrogen-bond donors (Lipinski definition) is 2. The molecule has 0 aromatic carbocycles. The maximum Gasteiger partial charge on any atom is 0.191 e. The molecule has 1 unspecified atom stereocenters. The van der Waals surface area contributed by atoms with Crippen molar-refractivity contribution in [2.24, 2.45) is 4.99 Å². The molecule has 0 saturated carbocycles. The van der Waals surface area contributed by atoms with Crippen LogP contribution in [0, 0.1) is 0 Å². The molecule has 7 nitrogen and oxygen atoms in total. The van der Waals surface area contributed by atoms with E-state index in [2.05, 4.69) is 60.7 Å². The van der Waals surface area contributed by atoms with Gasteiger partial charge in [-0.15, -0.1) is 11.3 Å². The summed E-state index contributed by atoms with van der Waals surface area (Å²) in [6.45, 7) is 13.0. The third-order valence-electron chi connectivity index (χ3n) is 4.60. The van der Waals surface area contributed by atoms with Gasteiger partial charge < -0.3 is 10.6 Å². The molecule has 0 radical (unpaired) electrons. The van der Waals surface area contributed by atoms with Crippen LogP contribution in [0.15, 0.2) is 10.4 Å². The highest BCUT2D eigenvalue weighted by Crippen LogP contribution is 2.24. The van der Waals surface area contributed by atoms with Crippen LogP contribution >= 0.6 is 11.3 Å². The SMILES string of the molecule is CCNC(=NCc1nc(C(C)(C)C)cs1)NC1CCc2nc(CC)nn2C1. The number of nitrogens with one attached hydrogen (secondary N) is 2. The molecule has 148 valence electrons. The van der Waals surface area contributed by atoms with E-state index in [4.69, 9.17) is 9.98 Å². The van der Waals surface area contributed by atoms with Crippen molar-refractivity contribution in [3.8, 4) is 0 Å². The third kappa shape index (κ3) is 5.06. The van der Waals surface area contributed by atoms with Gasteiger partial charge in [-0.05, 0) is 13.3 Å². The Kier molecular flexibility index (Phi) is 6.14. The lowest BCUT2D eigenvalue weighted by Crippen LogP contribution is -2.47. The van der Waals surface area contributed by atoms with Crippen molar-refractivity contribution in [1.82, 2.24) is 30.4 Å². The predicted octanol–water partition coefficient (Wildman–Crippen LogP) is 2.66. The second-order valence-electron chi connectivity index (χ2n) is 7.93. The van der Waals surface area contributed by atoms with Crippen molar-refractivity contribution in [3.05, 3.63) is 27.7 Å². The summed E-state index contributed by atoms with van der Waals surface area (Å²) in [5, 5.41) is 14.7. The largest absolute Gasteiger partial charge is 0.357 e. The minimum atomic E-state index is 0.0795. The number of hydrogen-bond acceptors (Lipinski definition) is 5. The first-order valence-electron chi connectivity index (χ1n) is 9.81. The average Bonchev–Trinajstić information content (AvgIpc) is 3.25. The van der Waals surface area contributed by atoms with Gasteiger partial charge in [0, 0.05) is 36.2 Å². The van der Waals surface area contributed by atoms with Crippen LogP contribution in [-0.2, 0) is 31.3 Å². The second-order valence-corrected chi connectivity index (χ2v) is 8.87. The Bertz CT molecular complexity index is 784. The van der Waals surface area contributed by atoms with Gasteiger partial charge in [0.1, 0.15) is 10.8 Å². The van der Waals surface area contributed by atoms with E-state index < -0.39 is 0 Å². The molecule has 1 atom stereocenters. The van der Waals surface area contributed by atoms with Crippen molar-refractivity contribution in [3.63, 3.8) is 0 Å². The summed E-state index contributed by atoms with van der Waals surface area (Å²) in [4.78, 5) is 14.1. The fourth-order valence-corrected chi connectivity index (χ4v) is 3.96. The number of aryl methyl sites for hydroxylation is 2. The van der Waals surface area contributed by atoms with Gasteiger partial charge in [-0.25, -0.2) is 19.6 Å². The fraction of sp³-hybridized carbons (Fsp3) is 0.684. The lowest BCUT2D eigenvalue weighted by atomic mass is 9.93.